The number of amides is 2. The van der Waals surface area contributed by atoms with Crippen molar-refractivity contribution in [2.45, 2.75) is 37.6 Å². The molecule has 3 atom stereocenters. The van der Waals surface area contributed by atoms with Crippen molar-refractivity contribution in [1.29, 1.82) is 0 Å². The van der Waals surface area contributed by atoms with Crippen LogP contribution in [0.1, 0.15) is 18.4 Å². The number of nitrogens with zero attached hydrogens (tertiary/aromatic N) is 2. The summed E-state index contributed by atoms with van der Waals surface area (Å²) in [5.41, 5.74) is 1.25. The third kappa shape index (κ3) is 3.65. The van der Waals surface area contributed by atoms with Gasteiger partial charge in [-0.05, 0) is 30.5 Å². The Labute approximate surface area is 143 Å². The average Bonchev–Trinajstić information content (AvgIpc) is 2.93. The van der Waals surface area contributed by atoms with Crippen molar-refractivity contribution >= 4 is 6.03 Å². The Morgan fingerprint density at radius 2 is 2.12 bits per heavy atom. The largest absolute Gasteiger partial charge is 0.497 e. The van der Waals surface area contributed by atoms with Gasteiger partial charge in [0.15, 0.2) is 0 Å². The first-order valence-corrected chi connectivity index (χ1v) is 8.55. The van der Waals surface area contributed by atoms with Crippen LogP contribution >= 0.6 is 0 Å². The van der Waals surface area contributed by atoms with Crippen LogP contribution in [0.5, 0.6) is 5.75 Å². The molecule has 3 rings (SSSR count). The molecule has 1 aromatic rings. The van der Waals surface area contributed by atoms with E-state index >= 15 is 0 Å². The maximum absolute atomic E-state index is 12.0. The maximum atomic E-state index is 12.0. The molecule has 132 valence electrons. The van der Waals surface area contributed by atoms with Crippen LogP contribution in [0.4, 0.5) is 4.79 Å². The molecule has 6 heteroatoms. The number of carbonyl (C=O) groups is 1. The summed E-state index contributed by atoms with van der Waals surface area (Å²) in [5, 5.41) is 3.11. The first-order valence-electron chi connectivity index (χ1n) is 8.55. The molecule has 2 fully saturated rings. The molecule has 0 radical (unpaired) electrons. The Bertz CT molecular complexity index is 561. The lowest BCUT2D eigenvalue weighted by atomic mass is 10.0. The zero-order valence-corrected chi connectivity index (χ0v) is 14.7. The van der Waals surface area contributed by atoms with E-state index in [-0.39, 0.29) is 18.2 Å². The third-order valence-electron chi connectivity index (χ3n) is 4.89. The lowest BCUT2D eigenvalue weighted by Crippen LogP contribution is -2.50. The quantitative estimate of drug-likeness (QED) is 0.911. The van der Waals surface area contributed by atoms with Crippen LogP contribution in [0.3, 0.4) is 0 Å². The van der Waals surface area contributed by atoms with Crippen molar-refractivity contribution in [1.82, 2.24) is 15.1 Å². The number of carbonyl (C=O) groups excluding carboxylic acids is 1. The van der Waals surface area contributed by atoms with Crippen LogP contribution in [0.2, 0.25) is 0 Å². The third-order valence-corrected chi connectivity index (χ3v) is 4.89. The van der Waals surface area contributed by atoms with E-state index in [1.807, 2.05) is 12.1 Å². The fourth-order valence-corrected chi connectivity index (χ4v) is 3.62. The Hall–Kier alpha value is -1.79. The first-order chi connectivity index (χ1) is 11.6. The van der Waals surface area contributed by atoms with E-state index < -0.39 is 0 Å². The summed E-state index contributed by atoms with van der Waals surface area (Å²) in [4.78, 5) is 16.0. The number of ether oxygens (including phenoxy) is 2. The number of methoxy groups -OCH3 is 1. The summed E-state index contributed by atoms with van der Waals surface area (Å²) in [6.07, 6.45) is 2.28. The van der Waals surface area contributed by atoms with Gasteiger partial charge in [0.2, 0.25) is 0 Å². The predicted molar refractivity (Wildman–Crippen MR) is 92.2 cm³/mol. The molecular formula is C18H27N3O3. The molecule has 0 aromatic heterocycles. The minimum atomic E-state index is -0.0563. The van der Waals surface area contributed by atoms with Gasteiger partial charge in [-0.25, -0.2) is 4.79 Å². The van der Waals surface area contributed by atoms with E-state index in [9.17, 15) is 4.79 Å². The molecular weight excluding hydrogens is 306 g/mol. The Morgan fingerprint density at radius 3 is 2.79 bits per heavy atom. The molecule has 2 aliphatic heterocycles. The minimum absolute atomic E-state index is 0.0449. The van der Waals surface area contributed by atoms with Crippen LogP contribution in [-0.2, 0) is 11.3 Å². The molecule has 2 amide bonds. The minimum Gasteiger partial charge on any atom is -0.497 e. The van der Waals surface area contributed by atoms with E-state index in [0.29, 0.717) is 6.04 Å². The summed E-state index contributed by atoms with van der Waals surface area (Å²) < 4.78 is 11.2. The molecule has 2 saturated heterocycles. The highest BCUT2D eigenvalue weighted by atomic mass is 16.5. The van der Waals surface area contributed by atoms with Crippen LogP contribution in [0.25, 0.3) is 0 Å². The van der Waals surface area contributed by atoms with Crippen LogP contribution in [0, 0.1) is 0 Å². The molecule has 1 N–H and O–H groups in total. The molecule has 0 saturated carbocycles. The number of rotatable bonds is 4. The lowest BCUT2D eigenvalue weighted by Gasteiger charge is -2.32. The highest BCUT2D eigenvalue weighted by Crippen LogP contribution is 2.30. The van der Waals surface area contributed by atoms with Crippen LogP contribution in [0.15, 0.2) is 24.3 Å². The molecule has 2 heterocycles. The first kappa shape index (κ1) is 17.0. The normalized spacial score (nSPS) is 26.7. The fourth-order valence-electron chi connectivity index (χ4n) is 3.62. The second-order valence-corrected chi connectivity index (χ2v) is 6.77. The second-order valence-electron chi connectivity index (χ2n) is 6.77. The van der Waals surface area contributed by atoms with Gasteiger partial charge in [-0.1, -0.05) is 12.1 Å². The number of fused-ring (bicyclic) bond motifs is 1. The number of likely N-dealkylation sites (tertiary alicyclic amines) is 1. The smallest absolute Gasteiger partial charge is 0.317 e. The number of hydrogen-bond donors (Lipinski definition) is 1. The second kappa shape index (κ2) is 7.40. The highest BCUT2D eigenvalue weighted by molar-refractivity contribution is 5.74. The Balaban J connectivity index is 1.69. The predicted octanol–water partition coefficient (Wildman–Crippen LogP) is 1.70. The van der Waals surface area contributed by atoms with Gasteiger partial charge < -0.3 is 19.7 Å². The summed E-state index contributed by atoms with van der Waals surface area (Å²) in [5.74, 6) is 0.871. The summed E-state index contributed by atoms with van der Waals surface area (Å²) >= 11 is 0. The summed E-state index contributed by atoms with van der Waals surface area (Å²) in [6.45, 7) is 2.47. The molecule has 0 spiro atoms. The zero-order valence-electron chi connectivity index (χ0n) is 14.7. The van der Waals surface area contributed by atoms with Crippen molar-refractivity contribution in [2.24, 2.45) is 0 Å². The van der Waals surface area contributed by atoms with Crippen LogP contribution in [-0.4, -0.2) is 68.4 Å². The zero-order chi connectivity index (χ0) is 17.1. The monoisotopic (exact) mass is 333 g/mol. The van der Waals surface area contributed by atoms with Gasteiger partial charge in [-0.3, -0.25) is 4.90 Å². The molecule has 0 unspecified atom stereocenters. The standard InChI is InChI=1S/C18H27N3O3/c1-20(2)18(22)19-15-12-21(16-5-4-10-24-17(15)16)11-13-6-8-14(23-3)9-7-13/h6-9,15-17H,4-5,10-12H2,1-3H3,(H,19,22)/t15-,16-,17-/m1/s1. The SMILES string of the molecule is COc1ccc(CN2C[C@@H](NC(=O)N(C)C)[C@H]3OCCC[C@H]32)cc1. The lowest BCUT2D eigenvalue weighted by molar-refractivity contribution is -0.0207. The van der Waals surface area contributed by atoms with E-state index in [0.717, 1.165) is 38.3 Å². The van der Waals surface area contributed by atoms with Crippen molar-refractivity contribution in [2.75, 3.05) is 34.4 Å². The number of hydrogen-bond acceptors (Lipinski definition) is 4. The van der Waals surface area contributed by atoms with Crippen molar-refractivity contribution < 1.29 is 14.3 Å². The summed E-state index contributed by atoms with van der Waals surface area (Å²) in [6, 6.07) is 8.54. The van der Waals surface area contributed by atoms with Crippen molar-refractivity contribution in [3.05, 3.63) is 29.8 Å². The van der Waals surface area contributed by atoms with E-state index in [1.165, 1.54) is 5.56 Å². The van der Waals surface area contributed by atoms with Gasteiger partial charge >= 0.3 is 6.03 Å². The number of benzene rings is 1. The van der Waals surface area contributed by atoms with Gasteiger partial charge in [0.05, 0.1) is 19.3 Å². The molecule has 2 aliphatic rings. The Kier molecular flexibility index (Phi) is 5.26. The summed E-state index contributed by atoms with van der Waals surface area (Å²) in [7, 11) is 5.20. The van der Waals surface area contributed by atoms with Gasteiger partial charge in [0.25, 0.3) is 0 Å². The van der Waals surface area contributed by atoms with Crippen LogP contribution < -0.4 is 10.1 Å². The van der Waals surface area contributed by atoms with E-state index in [1.54, 1.807) is 26.1 Å². The molecule has 1 aromatic carbocycles. The molecule has 24 heavy (non-hydrogen) atoms. The van der Waals surface area contributed by atoms with Crippen molar-refractivity contribution in [3.63, 3.8) is 0 Å². The fraction of sp³-hybridized carbons (Fsp3) is 0.611. The van der Waals surface area contributed by atoms with E-state index in [2.05, 4.69) is 22.3 Å². The highest BCUT2D eigenvalue weighted by Gasteiger charge is 2.44. The number of urea groups is 1. The van der Waals surface area contributed by atoms with Gasteiger partial charge in [0, 0.05) is 39.8 Å². The van der Waals surface area contributed by atoms with Gasteiger partial charge in [-0.15, -0.1) is 0 Å². The maximum Gasteiger partial charge on any atom is 0.317 e. The van der Waals surface area contributed by atoms with Crippen molar-refractivity contribution in [3.8, 4) is 5.75 Å². The van der Waals surface area contributed by atoms with Gasteiger partial charge in [0.1, 0.15) is 5.75 Å². The number of nitrogens with one attached hydrogen (secondary N) is 1. The molecule has 0 bridgehead atoms. The molecule has 0 aliphatic carbocycles. The molecule has 6 nitrogen and oxygen atoms in total. The average molecular weight is 333 g/mol. The van der Waals surface area contributed by atoms with E-state index in [4.69, 9.17) is 9.47 Å². The van der Waals surface area contributed by atoms with Gasteiger partial charge in [-0.2, -0.15) is 0 Å². The topological polar surface area (TPSA) is 54.0 Å². The Morgan fingerprint density at radius 1 is 1.38 bits per heavy atom.